The van der Waals surface area contributed by atoms with Crippen molar-refractivity contribution in [3.8, 4) is 0 Å². The Morgan fingerprint density at radius 3 is 2.43 bits per heavy atom. The third kappa shape index (κ3) is 5.09. The fraction of sp³-hybridized carbons (Fsp3) is 0.250. The number of likely N-dealkylation sites (tertiary alicyclic amines) is 1. The highest BCUT2D eigenvalue weighted by atomic mass is 32.1. The van der Waals surface area contributed by atoms with Gasteiger partial charge < -0.3 is 15.2 Å². The molecule has 1 saturated heterocycles. The van der Waals surface area contributed by atoms with E-state index in [1.54, 1.807) is 30.3 Å². The van der Waals surface area contributed by atoms with Crippen molar-refractivity contribution < 1.29 is 24.0 Å². The van der Waals surface area contributed by atoms with Gasteiger partial charge in [0.15, 0.2) is 0 Å². The largest absolute Gasteiger partial charge is 0.457 e. The van der Waals surface area contributed by atoms with Crippen LogP contribution in [0.3, 0.4) is 0 Å². The molecule has 3 rings (SSSR count). The van der Waals surface area contributed by atoms with Crippen LogP contribution < -0.4 is 5.73 Å². The van der Waals surface area contributed by atoms with Gasteiger partial charge in [-0.05, 0) is 29.8 Å². The maximum atomic E-state index is 12.5. The van der Waals surface area contributed by atoms with Gasteiger partial charge in [0, 0.05) is 18.6 Å². The normalized spacial score (nSPS) is 17.9. The zero-order chi connectivity index (χ0) is 21.7. The number of nitro benzene ring substituents is 1. The molecule has 0 spiro atoms. The number of nitrogens with two attached hydrogens (primary N) is 1. The summed E-state index contributed by atoms with van der Waals surface area (Å²) in [5, 5.41) is 10.7. The van der Waals surface area contributed by atoms with E-state index in [4.69, 9.17) is 27.4 Å². The van der Waals surface area contributed by atoms with Crippen LogP contribution in [0.1, 0.15) is 22.3 Å². The summed E-state index contributed by atoms with van der Waals surface area (Å²) in [6.45, 7) is 0.0194. The first-order valence-electron chi connectivity index (χ1n) is 9.07. The molecule has 30 heavy (non-hydrogen) atoms. The van der Waals surface area contributed by atoms with Crippen molar-refractivity contribution in [2.75, 3.05) is 6.54 Å². The number of carbonyl (C=O) groups excluding carboxylic acids is 2. The predicted octanol–water partition coefficient (Wildman–Crippen LogP) is 2.82. The minimum absolute atomic E-state index is 0.0544. The number of nitro groups is 1. The second kappa shape index (κ2) is 9.31. The van der Waals surface area contributed by atoms with Crippen LogP contribution in [0.5, 0.6) is 0 Å². The first kappa shape index (κ1) is 21.2. The van der Waals surface area contributed by atoms with Gasteiger partial charge in [0.25, 0.3) is 5.69 Å². The number of hydrogen-bond acceptors (Lipinski definition) is 7. The number of nitrogens with zero attached hydrogens (tertiary/aromatic N) is 2. The Morgan fingerprint density at radius 1 is 1.17 bits per heavy atom. The van der Waals surface area contributed by atoms with E-state index < -0.39 is 29.1 Å². The molecule has 0 aromatic heterocycles. The number of benzene rings is 2. The van der Waals surface area contributed by atoms with Crippen molar-refractivity contribution in [2.24, 2.45) is 5.73 Å². The first-order chi connectivity index (χ1) is 14.3. The molecule has 2 atom stereocenters. The van der Waals surface area contributed by atoms with Crippen LogP contribution in [0.2, 0.25) is 0 Å². The van der Waals surface area contributed by atoms with Gasteiger partial charge in [0.05, 0.1) is 28.1 Å². The van der Waals surface area contributed by atoms with Crippen molar-refractivity contribution in [1.82, 2.24) is 4.90 Å². The summed E-state index contributed by atoms with van der Waals surface area (Å²) in [6, 6.07) is 13.6. The lowest BCUT2D eigenvalue weighted by Crippen LogP contribution is -2.43. The topological polar surface area (TPSA) is 125 Å². The number of non-ortho nitro benzene ring substituents is 1. The summed E-state index contributed by atoms with van der Waals surface area (Å²) in [5.41, 5.74) is 6.70. The summed E-state index contributed by atoms with van der Waals surface area (Å²) >= 11 is 5.05. The molecule has 0 radical (unpaired) electrons. The second-order valence-electron chi connectivity index (χ2n) is 6.68. The maximum absolute atomic E-state index is 12.5. The van der Waals surface area contributed by atoms with Gasteiger partial charge >= 0.3 is 12.1 Å². The van der Waals surface area contributed by atoms with E-state index in [-0.39, 0.29) is 30.2 Å². The SMILES string of the molecule is NC(=S)[C@@H]1C[C@@H](OC(=O)c2ccccc2)CN1C(=O)OCc1ccc([N+](=O)[O-])cc1. The van der Waals surface area contributed by atoms with Gasteiger partial charge in [-0.15, -0.1) is 0 Å². The van der Waals surface area contributed by atoms with Crippen LogP contribution in [0.15, 0.2) is 54.6 Å². The van der Waals surface area contributed by atoms with E-state index in [1.165, 1.54) is 29.2 Å². The number of esters is 1. The van der Waals surface area contributed by atoms with Crippen molar-refractivity contribution in [3.63, 3.8) is 0 Å². The molecule has 2 aromatic rings. The summed E-state index contributed by atoms with van der Waals surface area (Å²) in [7, 11) is 0. The number of carbonyl (C=O) groups is 2. The highest BCUT2D eigenvalue weighted by molar-refractivity contribution is 7.80. The number of ether oxygens (including phenoxy) is 2. The van der Waals surface area contributed by atoms with E-state index >= 15 is 0 Å². The molecule has 0 bridgehead atoms. The van der Waals surface area contributed by atoms with Gasteiger partial charge in [0.1, 0.15) is 12.7 Å². The van der Waals surface area contributed by atoms with Gasteiger partial charge in [-0.2, -0.15) is 0 Å². The van der Waals surface area contributed by atoms with E-state index in [2.05, 4.69) is 0 Å². The molecule has 10 heteroatoms. The molecule has 156 valence electrons. The van der Waals surface area contributed by atoms with Gasteiger partial charge in [-0.25, -0.2) is 9.59 Å². The summed E-state index contributed by atoms with van der Waals surface area (Å²) in [5.74, 6) is -0.497. The quantitative estimate of drug-likeness (QED) is 0.322. The minimum atomic E-state index is -0.663. The lowest BCUT2D eigenvalue weighted by atomic mass is 10.2. The van der Waals surface area contributed by atoms with Crippen LogP contribution in [-0.4, -0.2) is 45.6 Å². The van der Waals surface area contributed by atoms with Crippen molar-refractivity contribution in [3.05, 3.63) is 75.8 Å². The smallest absolute Gasteiger partial charge is 0.410 e. The highest BCUT2D eigenvalue weighted by Crippen LogP contribution is 2.23. The molecule has 2 aromatic carbocycles. The summed E-state index contributed by atoms with van der Waals surface area (Å²) in [4.78, 5) is 36.4. The van der Waals surface area contributed by atoms with E-state index in [0.717, 1.165) is 0 Å². The molecule has 1 fully saturated rings. The Bertz CT molecular complexity index is 951. The van der Waals surface area contributed by atoms with Crippen molar-refractivity contribution in [2.45, 2.75) is 25.2 Å². The molecular weight excluding hydrogens is 410 g/mol. The van der Waals surface area contributed by atoms with Crippen LogP contribution in [-0.2, 0) is 16.1 Å². The Kier molecular flexibility index (Phi) is 6.58. The number of hydrogen-bond donors (Lipinski definition) is 1. The van der Waals surface area contributed by atoms with Gasteiger partial charge in [-0.1, -0.05) is 30.4 Å². The molecule has 2 N–H and O–H groups in total. The molecule has 0 unspecified atom stereocenters. The van der Waals surface area contributed by atoms with Crippen molar-refractivity contribution in [1.29, 1.82) is 0 Å². The predicted molar refractivity (Wildman–Crippen MR) is 111 cm³/mol. The number of amides is 1. The molecular formula is C20H19N3O6S. The fourth-order valence-electron chi connectivity index (χ4n) is 3.09. The van der Waals surface area contributed by atoms with Crippen LogP contribution in [0, 0.1) is 10.1 Å². The van der Waals surface area contributed by atoms with E-state index in [1.807, 2.05) is 0 Å². The monoisotopic (exact) mass is 429 g/mol. The molecule has 9 nitrogen and oxygen atoms in total. The molecule has 0 aliphatic carbocycles. The standard InChI is InChI=1S/C20H19N3O6S/c21-18(30)17-10-16(29-19(24)14-4-2-1-3-5-14)11-22(17)20(25)28-12-13-6-8-15(9-7-13)23(26)27/h1-9,16-17H,10-12H2,(H2,21,30)/t16-,17+/m1/s1. The number of thiocarbonyl (C=S) groups is 1. The number of rotatable bonds is 6. The molecule has 0 saturated carbocycles. The minimum Gasteiger partial charge on any atom is -0.457 e. The maximum Gasteiger partial charge on any atom is 0.410 e. The molecule has 1 aliphatic heterocycles. The first-order valence-corrected chi connectivity index (χ1v) is 9.48. The third-order valence-electron chi connectivity index (χ3n) is 4.62. The van der Waals surface area contributed by atoms with Gasteiger partial charge in [-0.3, -0.25) is 15.0 Å². The Labute approximate surface area is 177 Å². The zero-order valence-corrected chi connectivity index (χ0v) is 16.6. The Hall–Kier alpha value is -3.53. The van der Waals surface area contributed by atoms with Crippen LogP contribution in [0.25, 0.3) is 0 Å². The molecule has 1 amide bonds. The van der Waals surface area contributed by atoms with E-state index in [9.17, 15) is 19.7 Å². The average Bonchev–Trinajstić information content (AvgIpc) is 3.17. The Morgan fingerprint density at radius 2 is 1.83 bits per heavy atom. The highest BCUT2D eigenvalue weighted by Gasteiger charge is 2.39. The Balaban J connectivity index is 1.60. The second-order valence-corrected chi connectivity index (χ2v) is 7.15. The lowest BCUT2D eigenvalue weighted by molar-refractivity contribution is -0.384. The van der Waals surface area contributed by atoms with E-state index in [0.29, 0.717) is 11.1 Å². The lowest BCUT2D eigenvalue weighted by Gasteiger charge is -2.22. The summed E-state index contributed by atoms with van der Waals surface area (Å²) < 4.78 is 10.8. The summed E-state index contributed by atoms with van der Waals surface area (Å²) in [6.07, 6.45) is -0.957. The fourth-order valence-corrected chi connectivity index (χ4v) is 3.31. The van der Waals surface area contributed by atoms with Gasteiger partial charge in [0.2, 0.25) is 0 Å². The molecule has 1 aliphatic rings. The van der Waals surface area contributed by atoms with Crippen LogP contribution in [0.4, 0.5) is 10.5 Å². The molecule has 1 heterocycles. The zero-order valence-electron chi connectivity index (χ0n) is 15.8. The van der Waals surface area contributed by atoms with Crippen LogP contribution >= 0.6 is 12.2 Å². The average molecular weight is 429 g/mol. The third-order valence-corrected chi connectivity index (χ3v) is 4.89. The van der Waals surface area contributed by atoms with Crippen molar-refractivity contribution >= 4 is 35.0 Å².